The smallest absolute Gasteiger partial charge is 0.458 e. The predicted octanol–water partition coefficient (Wildman–Crippen LogP) is 4.61. The first-order chi connectivity index (χ1) is 11.8. The normalized spacial score (nSPS) is 17.9. The van der Waals surface area contributed by atoms with Gasteiger partial charge in [0.05, 0.1) is 12.2 Å². The molecule has 0 saturated heterocycles. The van der Waals surface area contributed by atoms with Gasteiger partial charge in [-0.1, -0.05) is 0 Å². The van der Waals surface area contributed by atoms with Gasteiger partial charge in [-0.15, -0.1) is 0 Å². The fourth-order valence-electron chi connectivity index (χ4n) is 2.18. The second kappa shape index (κ2) is 6.44. The molecule has 2 rings (SSSR count). The molecule has 1 heterocycles. The minimum absolute atomic E-state index is 0.278. The number of alkyl halides is 8. The molecule has 0 bridgehead atoms. The van der Waals surface area contributed by atoms with Crippen LogP contribution in [0.25, 0.3) is 6.08 Å². The van der Waals surface area contributed by atoms with Crippen molar-refractivity contribution in [3.8, 4) is 5.75 Å². The van der Waals surface area contributed by atoms with Gasteiger partial charge in [0.15, 0.2) is 0 Å². The van der Waals surface area contributed by atoms with Crippen molar-refractivity contribution >= 4 is 12.0 Å². The lowest BCUT2D eigenvalue weighted by molar-refractivity contribution is -0.289. The van der Waals surface area contributed by atoms with E-state index in [1.54, 1.807) is 0 Å². The minimum Gasteiger partial charge on any atom is -0.475 e. The highest BCUT2D eigenvalue weighted by Gasteiger charge is 2.59. The number of ether oxygens (including phenoxy) is 2. The van der Waals surface area contributed by atoms with Gasteiger partial charge in [-0.2, -0.15) is 35.1 Å². The van der Waals surface area contributed by atoms with Crippen molar-refractivity contribution < 1.29 is 49.4 Å². The number of rotatable bonds is 3. The van der Waals surface area contributed by atoms with Crippen LogP contribution in [0.5, 0.6) is 5.75 Å². The summed E-state index contributed by atoms with van der Waals surface area (Å²) in [5, 5.41) is 0. The van der Waals surface area contributed by atoms with E-state index in [1.165, 1.54) is 6.92 Å². The third-order valence-corrected chi connectivity index (χ3v) is 3.38. The van der Waals surface area contributed by atoms with Gasteiger partial charge in [-0.25, -0.2) is 4.79 Å². The Labute approximate surface area is 141 Å². The summed E-state index contributed by atoms with van der Waals surface area (Å²) in [5.74, 6) is -7.25. The lowest BCUT2D eigenvalue weighted by Crippen LogP contribution is -2.41. The molecule has 1 atom stereocenters. The van der Waals surface area contributed by atoms with Crippen molar-refractivity contribution in [1.29, 1.82) is 0 Å². The number of carbonyl (C=O) groups excluding carboxylic acids is 1. The third-order valence-electron chi connectivity index (χ3n) is 3.38. The van der Waals surface area contributed by atoms with Crippen molar-refractivity contribution in [3.63, 3.8) is 0 Å². The molecule has 144 valence electrons. The quantitative estimate of drug-likeness (QED) is 0.559. The number of fused-ring (bicyclic) bond motifs is 1. The monoisotopic (exact) mass is 390 g/mol. The first-order valence-corrected chi connectivity index (χ1v) is 7.00. The summed E-state index contributed by atoms with van der Waals surface area (Å²) < 4.78 is 112. The van der Waals surface area contributed by atoms with Crippen LogP contribution in [0.1, 0.15) is 18.1 Å². The summed E-state index contributed by atoms with van der Waals surface area (Å²) in [7, 11) is 0. The van der Waals surface area contributed by atoms with E-state index in [1.807, 2.05) is 0 Å². The first kappa shape index (κ1) is 20.0. The van der Waals surface area contributed by atoms with Gasteiger partial charge in [-0.05, 0) is 31.2 Å². The lowest BCUT2D eigenvalue weighted by Gasteiger charge is -2.28. The van der Waals surface area contributed by atoms with Gasteiger partial charge in [0.2, 0.25) is 6.10 Å². The Hall–Kier alpha value is -2.33. The van der Waals surface area contributed by atoms with Crippen molar-refractivity contribution in [2.75, 3.05) is 6.61 Å². The molecule has 0 fully saturated rings. The third kappa shape index (κ3) is 3.61. The Morgan fingerprint density at radius 2 is 1.73 bits per heavy atom. The summed E-state index contributed by atoms with van der Waals surface area (Å²) in [6, 6.07) is 1.18. The van der Waals surface area contributed by atoms with E-state index in [0.717, 1.165) is 0 Å². The van der Waals surface area contributed by atoms with Crippen LogP contribution in [0.3, 0.4) is 0 Å². The number of benzene rings is 1. The molecule has 0 aromatic heterocycles. The second-order valence-electron chi connectivity index (χ2n) is 5.18. The molecule has 3 nitrogen and oxygen atoms in total. The molecular weight excluding hydrogens is 380 g/mol. The zero-order valence-electron chi connectivity index (χ0n) is 12.8. The van der Waals surface area contributed by atoms with Gasteiger partial charge in [0.25, 0.3) is 0 Å². The molecule has 0 spiro atoms. The van der Waals surface area contributed by atoms with Gasteiger partial charge >= 0.3 is 24.2 Å². The molecule has 26 heavy (non-hydrogen) atoms. The van der Waals surface area contributed by atoms with Gasteiger partial charge < -0.3 is 9.47 Å². The second-order valence-corrected chi connectivity index (χ2v) is 5.18. The standard InChI is InChI=1S/C15H10F8O3/c1-2-25-12(24)9-6-7-5-8(13(16,17)15(21,22)23)3-4-10(7)26-11(9)14(18,19)20/h3-6,11H,2H2,1H3. The topological polar surface area (TPSA) is 35.5 Å². The zero-order chi connectivity index (χ0) is 19.9. The molecule has 1 aromatic rings. The molecule has 11 heteroatoms. The molecule has 1 aliphatic heterocycles. The molecule has 0 saturated carbocycles. The van der Waals surface area contributed by atoms with Crippen LogP contribution in [0.4, 0.5) is 35.1 Å². The SMILES string of the molecule is CCOC(=O)C1=Cc2cc(C(F)(F)C(F)(F)F)ccc2OC1C(F)(F)F. The minimum atomic E-state index is -5.90. The number of esters is 1. The molecular formula is C15H10F8O3. The highest BCUT2D eigenvalue weighted by molar-refractivity contribution is 5.96. The summed E-state index contributed by atoms with van der Waals surface area (Å²) in [5.41, 5.74) is -3.09. The van der Waals surface area contributed by atoms with Crippen LogP contribution in [-0.2, 0) is 15.5 Å². The number of halogens is 8. The predicted molar refractivity (Wildman–Crippen MR) is 71.5 cm³/mol. The van der Waals surface area contributed by atoms with Crippen LogP contribution in [0.15, 0.2) is 23.8 Å². The van der Waals surface area contributed by atoms with Crippen LogP contribution in [0, 0.1) is 0 Å². The van der Waals surface area contributed by atoms with E-state index in [9.17, 15) is 39.9 Å². The highest BCUT2D eigenvalue weighted by atomic mass is 19.4. The lowest BCUT2D eigenvalue weighted by atomic mass is 9.97. The maximum Gasteiger partial charge on any atom is 0.458 e. The average molecular weight is 390 g/mol. The molecule has 0 N–H and O–H groups in total. The van der Waals surface area contributed by atoms with Gasteiger partial charge in [0, 0.05) is 11.1 Å². The molecule has 1 aromatic carbocycles. The van der Waals surface area contributed by atoms with Crippen molar-refractivity contribution in [3.05, 3.63) is 34.9 Å². The summed E-state index contributed by atoms with van der Waals surface area (Å²) in [4.78, 5) is 11.7. The summed E-state index contributed by atoms with van der Waals surface area (Å²) >= 11 is 0. The Morgan fingerprint density at radius 3 is 2.23 bits per heavy atom. The summed E-state index contributed by atoms with van der Waals surface area (Å²) in [6.45, 7) is 1.04. The van der Waals surface area contributed by atoms with E-state index >= 15 is 0 Å². The van der Waals surface area contributed by atoms with Crippen LogP contribution in [0.2, 0.25) is 0 Å². The summed E-state index contributed by atoms with van der Waals surface area (Å²) in [6.07, 6.45) is -13.1. The molecule has 0 aliphatic carbocycles. The van der Waals surface area contributed by atoms with E-state index in [2.05, 4.69) is 9.47 Å². The molecule has 0 radical (unpaired) electrons. The van der Waals surface area contributed by atoms with Crippen LogP contribution >= 0.6 is 0 Å². The molecule has 1 aliphatic rings. The highest BCUT2D eigenvalue weighted by Crippen LogP contribution is 2.46. The number of carbonyl (C=O) groups is 1. The Bertz CT molecular complexity index is 733. The van der Waals surface area contributed by atoms with Crippen molar-refractivity contribution in [2.24, 2.45) is 0 Å². The Morgan fingerprint density at radius 1 is 1.12 bits per heavy atom. The number of hydrogen-bond donors (Lipinski definition) is 0. The van der Waals surface area contributed by atoms with E-state index in [4.69, 9.17) is 0 Å². The van der Waals surface area contributed by atoms with Crippen molar-refractivity contribution in [1.82, 2.24) is 0 Å². The van der Waals surface area contributed by atoms with E-state index in [0.29, 0.717) is 24.3 Å². The number of hydrogen-bond acceptors (Lipinski definition) is 3. The maximum atomic E-state index is 13.4. The van der Waals surface area contributed by atoms with Gasteiger partial charge in [-0.3, -0.25) is 0 Å². The molecule has 0 amide bonds. The largest absolute Gasteiger partial charge is 0.475 e. The van der Waals surface area contributed by atoms with Crippen molar-refractivity contribution in [2.45, 2.75) is 31.3 Å². The van der Waals surface area contributed by atoms with Crippen LogP contribution < -0.4 is 4.74 Å². The van der Waals surface area contributed by atoms with E-state index < -0.39 is 52.8 Å². The van der Waals surface area contributed by atoms with E-state index in [-0.39, 0.29) is 6.61 Å². The fraction of sp³-hybridized carbons (Fsp3) is 0.400. The van der Waals surface area contributed by atoms with Gasteiger partial charge in [0.1, 0.15) is 5.75 Å². The maximum absolute atomic E-state index is 13.4. The Kier molecular flexibility index (Phi) is 4.95. The fourth-order valence-corrected chi connectivity index (χ4v) is 2.18. The first-order valence-electron chi connectivity index (χ1n) is 7.00. The Balaban J connectivity index is 2.55. The molecule has 1 unspecified atom stereocenters. The average Bonchev–Trinajstić information content (AvgIpc) is 2.51. The zero-order valence-corrected chi connectivity index (χ0v) is 12.8. The van der Waals surface area contributed by atoms with Crippen LogP contribution in [-0.4, -0.2) is 31.0 Å².